The fourth-order valence-electron chi connectivity index (χ4n) is 1.91. The Kier molecular flexibility index (Phi) is 3.39. The van der Waals surface area contributed by atoms with Gasteiger partial charge in [-0.15, -0.1) is 0 Å². The molecule has 98 valence electrons. The number of aryl methyl sites for hydroxylation is 1. The monoisotopic (exact) mass is 249 g/mol. The van der Waals surface area contributed by atoms with Crippen molar-refractivity contribution in [2.45, 2.75) is 33.7 Å². The highest BCUT2D eigenvalue weighted by molar-refractivity contribution is 6.04. The molecule has 0 saturated carbocycles. The number of furan rings is 1. The zero-order valence-corrected chi connectivity index (χ0v) is 11.3. The predicted molar refractivity (Wildman–Crippen MR) is 69.1 cm³/mol. The summed E-state index contributed by atoms with van der Waals surface area (Å²) in [4.78, 5) is 15.9. The highest BCUT2D eigenvalue weighted by Gasteiger charge is 2.41. The molecule has 1 aromatic heterocycles. The van der Waals surface area contributed by atoms with Gasteiger partial charge in [-0.1, -0.05) is 0 Å². The molecule has 4 heteroatoms. The largest absolute Gasteiger partial charge is 0.460 e. The van der Waals surface area contributed by atoms with E-state index in [9.17, 15) is 4.79 Å². The molecule has 0 bridgehead atoms. The summed E-state index contributed by atoms with van der Waals surface area (Å²) in [6.45, 7) is 8.58. The van der Waals surface area contributed by atoms with Gasteiger partial charge in [-0.3, -0.25) is 9.79 Å². The summed E-state index contributed by atoms with van der Waals surface area (Å²) in [6.07, 6.45) is 0. The second-order valence-corrected chi connectivity index (χ2v) is 5.23. The number of ketones is 1. The zero-order chi connectivity index (χ0) is 13.3. The van der Waals surface area contributed by atoms with Crippen molar-refractivity contribution in [2.24, 2.45) is 10.4 Å². The molecule has 1 unspecified atom stereocenters. The van der Waals surface area contributed by atoms with Crippen LogP contribution in [0.1, 0.15) is 32.3 Å². The standard InChI is InChI=1S/C14H19NO3/c1-9-5-6-12(18-9)13(14(4)7-17-8-14)15-10(2)11(3)16/h5-6,10H,7-8H2,1-4H3. The summed E-state index contributed by atoms with van der Waals surface area (Å²) in [5, 5.41) is 0. The van der Waals surface area contributed by atoms with E-state index in [1.54, 1.807) is 13.8 Å². The lowest BCUT2D eigenvalue weighted by Crippen LogP contribution is -2.47. The van der Waals surface area contributed by atoms with E-state index in [4.69, 9.17) is 9.15 Å². The van der Waals surface area contributed by atoms with Crippen LogP contribution in [0.4, 0.5) is 0 Å². The lowest BCUT2D eigenvalue weighted by Gasteiger charge is -2.38. The minimum absolute atomic E-state index is 0.0552. The van der Waals surface area contributed by atoms with Crippen LogP contribution >= 0.6 is 0 Å². The summed E-state index contributed by atoms with van der Waals surface area (Å²) in [6, 6.07) is 3.47. The third kappa shape index (κ3) is 2.38. The summed E-state index contributed by atoms with van der Waals surface area (Å²) in [5.41, 5.74) is 0.693. The summed E-state index contributed by atoms with van der Waals surface area (Å²) < 4.78 is 10.9. The number of hydrogen-bond acceptors (Lipinski definition) is 4. The minimum Gasteiger partial charge on any atom is -0.460 e. The average Bonchev–Trinajstić information content (AvgIpc) is 2.68. The number of ether oxygens (including phenoxy) is 1. The smallest absolute Gasteiger partial charge is 0.153 e. The van der Waals surface area contributed by atoms with Crippen LogP contribution < -0.4 is 0 Å². The lowest BCUT2D eigenvalue weighted by atomic mass is 9.81. The molecule has 0 aromatic carbocycles. The summed E-state index contributed by atoms with van der Waals surface area (Å²) >= 11 is 0. The van der Waals surface area contributed by atoms with Gasteiger partial charge in [0.05, 0.1) is 24.3 Å². The first kappa shape index (κ1) is 13.0. The van der Waals surface area contributed by atoms with E-state index in [0.717, 1.165) is 17.2 Å². The van der Waals surface area contributed by atoms with Gasteiger partial charge in [-0.25, -0.2) is 0 Å². The van der Waals surface area contributed by atoms with E-state index in [1.807, 2.05) is 19.1 Å². The van der Waals surface area contributed by atoms with Crippen molar-refractivity contribution >= 4 is 11.5 Å². The molecule has 1 saturated heterocycles. The maximum atomic E-state index is 11.4. The topological polar surface area (TPSA) is 51.8 Å². The number of nitrogens with zero attached hydrogens (tertiary/aromatic N) is 1. The minimum atomic E-state index is -0.345. The molecule has 4 nitrogen and oxygen atoms in total. The van der Waals surface area contributed by atoms with Crippen LogP contribution in [0, 0.1) is 12.3 Å². The van der Waals surface area contributed by atoms with Crippen molar-refractivity contribution in [1.82, 2.24) is 0 Å². The molecule has 0 aliphatic carbocycles. The number of carbonyl (C=O) groups excluding carboxylic acids is 1. The van der Waals surface area contributed by atoms with E-state index in [2.05, 4.69) is 11.9 Å². The third-order valence-electron chi connectivity index (χ3n) is 3.30. The van der Waals surface area contributed by atoms with Gasteiger partial charge in [0.25, 0.3) is 0 Å². The van der Waals surface area contributed by atoms with E-state index in [1.165, 1.54) is 0 Å². The summed E-state index contributed by atoms with van der Waals surface area (Å²) in [5.74, 6) is 1.64. The van der Waals surface area contributed by atoms with Gasteiger partial charge in [0.15, 0.2) is 5.78 Å². The average molecular weight is 249 g/mol. The number of carbonyl (C=O) groups is 1. The second kappa shape index (κ2) is 4.69. The van der Waals surface area contributed by atoms with Crippen molar-refractivity contribution < 1.29 is 13.9 Å². The molecule has 1 aliphatic rings. The van der Waals surface area contributed by atoms with Crippen LogP contribution in [0.25, 0.3) is 0 Å². The van der Waals surface area contributed by atoms with E-state index >= 15 is 0 Å². The number of Topliss-reactive ketones (excluding diaryl/α,β-unsaturated/α-hetero) is 1. The Balaban J connectivity index is 2.37. The van der Waals surface area contributed by atoms with Crippen LogP contribution in [0.2, 0.25) is 0 Å². The number of rotatable bonds is 4. The quantitative estimate of drug-likeness (QED) is 0.770. The van der Waals surface area contributed by atoms with Crippen LogP contribution in [-0.2, 0) is 9.53 Å². The molecule has 18 heavy (non-hydrogen) atoms. The molecular formula is C14H19NO3. The van der Waals surface area contributed by atoms with Gasteiger partial charge < -0.3 is 9.15 Å². The van der Waals surface area contributed by atoms with Crippen molar-refractivity contribution in [3.8, 4) is 0 Å². The van der Waals surface area contributed by atoms with Gasteiger partial charge in [0.2, 0.25) is 0 Å². The summed E-state index contributed by atoms with van der Waals surface area (Å²) in [7, 11) is 0. The molecule has 0 spiro atoms. The van der Waals surface area contributed by atoms with E-state index in [-0.39, 0.29) is 17.2 Å². The first-order valence-electron chi connectivity index (χ1n) is 6.16. The molecule has 2 heterocycles. The molecule has 1 aliphatic heterocycles. The van der Waals surface area contributed by atoms with Gasteiger partial charge in [-0.05, 0) is 39.8 Å². The van der Waals surface area contributed by atoms with Crippen molar-refractivity contribution in [1.29, 1.82) is 0 Å². The molecule has 1 fully saturated rings. The van der Waals surface area contributed by atoms with Gasteiger partial charge in [0.1, 0.15) is 17.6 Å². The van der Waals surface area contributed by atoms with Crippen LogP contribution in [0.5, 0.6) is 0 Å². The van der Waals surface area contributed by atoms with E-state index < -0.39 is 0 Å². The normalized spacial score (nSPS) is 20.3. The highest BCUT2D eigenvalue weighted by atomic mass is 16.5. The fraction of sp³-hybridized carbons (Fsp3) is 0.571. The maximum absolute atomic E-state index is 11.4. The van der Waals surface area contributed by atoms with Gasteiger partial charge >= 0.3 is 0 Å². The maximum Gasteiger partial charge on any atom is 0.153 e. The molecule has 2 rings (SSSR count). The molecule has 1 aromatic rings. The third-order valence-corrected chi connectivity index (χ3v) is 3.30. The Bertz CT molecular complexity index is 483. The Hall–Kier alpha value is -1.42. The first-order chi connectivity index (χ1) is 8.42. The second-order valence-electron chi connectivity index (χ2n) is 5.23. The fourth-order valence-corrected chi connectivity index (χ4v) is 1.91. The van der Waals surface area contributed by atoms with Gasteiger partial charge in [-0.2, -0.15) is 0 Å². The van der Waals surface area contributed by atoms with Crippen LogP contribution in [-0.4, -0.2) is 30.8 Å². The number of hydrogen-bond donors (Lipinski definition) is 0. The predicted octanol–water partition coefficient (Wildman–Crippen LogP) is 2.39. The Labute approximate surface area is 107 Å². The Morgan fingerprint density at radius 2 is 2.11 bits per heavy atom. The number of aliphatic imine (C=N–C) groups is 1. The molecule has 0 amide bonds. The first-order valence-corrected chi connectivity index (χ1v) is 6.16. The van der Waals surface area contributed by atoms with Crippen LogP contribution in [0.15, 0.2) is 21.5 Å². The Morgan fingerprint density at radius 1 is 1.44 bits per heavy atom. The SMILES string of the molecule is CC(=O)C(C)N=C(c1ccc(C)o1)C1(C)COC1. The van der Waals surface area contributed by atoms with Gasteiger partial charge in [0, 0.05) is 0 Å². The van der Waals surface area contributed by atoms with Crippen molar-refractivity contribution in [2.75, 3.05) is 13.2 Å². The van der Waals surface area contributed by atoms with Crippen molar-refractivity contribution in [3.05, 3.63) is 23.7 Å². The molecule has 0 radical (unpaired) electrons. The molecule has 1 atom stereocenters. The van der Waals surface area contributed by atoms with E-state index in [0.29, 0.717) is 13.2 Å². The zero-order valence-electron chi connectivity index (χ0n) is 11.3. The molecular weight excluding hydrogens is 230 g/mol. The Morgan fingerprint density at radius 3 is 2.50 bits per heavy atom. The van der Waals surface area contributed by atoms with Crippen LogP contribution in [0.3, 0.4) is 0 Å². The molecule has 0 N–H and O–H groups in total. The highest BCUT2D eigenvalue weighted by Crippen LogP contribution is 2.32. The van der Waals surface area contributed by atoms with Crippen molar-refractivity contribution in [3.63, 3.8) is 0 Å². The lowest BCUT2D eigenvalue weighted by molar-refractivity contribution is -0.117.